The fraction of sp³-hybridized carbons (Fsp3) is 0.556. The largest absolute Gasteiger partial charge is 0.392 e. The second-order valence-corrected chi connectivity index (χ2v) is 6.87. The Kier molecular flexibility index (Phi) is 4.54. The third kappa shape index (κ3) is 3.31. The number of aliphatic hydroxyl groups is 1. The van der Waals surface area contributed by atoms with Crippen LogP contribution in [0.2, 0.25) is 0 Å². The molecule has 2 fully saturated rings. The van der Waals surface area contributed by atoms with Gasteiger partial charge < -0.3 is 14.4 Å². The molecule has 1 N–H and O–H groups in total. The van der Waals surface area contributed by atoms with Crippen LogP contribution < -0.4 is 0 Å². The van der Waals surface area contributed by atoms with Crippen molar-refractivity contribution in [1.29, 1.82) is 0 Å². The minimum Gasteiger partial charge on any atom is -0.392 e. The first-order valence-electron chi connectivity index (χ1n) is 8.73. The molecular formula is C18H22FN3O3. The van der Waals surface area contributed by atoms with E-state index in [1.807, 2.05) is 0 Å². The zero-order chi connectivity index (χ0) is 17.4. The fourth-order valence-electron chi connectivity index (χ4n) is 3.72. The first kappa shape index (κ1) is 16.6. The van der Waals surface area contributed by atoms with Crippen LogP contribution in [0, 0.1) is 12.7 Å². The maximum Gasteiger partial charge on any atom is 0.244 e. The molecule has 0 saturated carbocycles. The van der Waals surface area contributed by atoms with Gasteiger partial charge in [0.25, 0.3) is 0 Å². The van der Waals surface area contributed by atoms with Gasteiger partial charge in [-0.25, -0.2) is 4.39 Å². The molecule has 2 aliphatic rings. The highest BCUT2D eigenvalue weighted by Crippen LogP contribution is 2.36. The summed E-state index contributed by atoms with van der Waals surface area (Å²) in [7, 11) is 0. The average molecular weight is 347 g/mol. The number of rotatable bonds is 3. The molecule has 7 heteroatoms. The first-order valence-corrected chi connectivity index (χ1v) is 8.73. The Bertz CT molecular complexity index is 745. The number of ether oxygens (including phenoxy) is 1. The first-order chi connectivity index (χ1) is 12.1. The Labute approximate surface area is 145 Å². The Morgan fingerprint density at radius 2 is 2.08 bits per heavy atom. The minimum atomic E-state index is -0.403. The van der Waals surface area contributed by atoms with E-state index in [9.17, 15) is 9.50 Å². The van der Waals surface area contributed by atoms with Crippen molar-refractivity contribution in [3.8, 4) is 11.4 Å². The minimum absolute atomic E-state index is 0.102. The van der Waals surface area contributed by atoms with E-state index in [1.165, 1.54) is 6.07 Å². The van der Waals surface area contributed by atoms with Gasteiger partial charge in [0.15, 0.2) is 0 Å². The summed E-state index contributed by atoms with van der Waals surface area (Å²) < 4.78 is 24.7. The molecule has 0 radical (unpaired) electrons. The number of halogens is 1. The van der Waals surface area contributed by atoms with Gasteiger partial charge in [-0.2, -0.15) is 4.98 Å². The number of hydrogen-bond donors (Lipinski definition) is 1. The highest BCUT2D eigenvalue weighted by Gasteiger charge is 2.40. The third-order valence-corrected chi connectivity index (χ3v) is 5.13. The lowest BCUT2D eigenvalue weighted by molar-refractivity contribution is 0.0215. The van der Waals surface area contributed by atoms with E-state index in [-0.39, 0.29) is 11.9 Å². The molecule has 2 unspecified atom stereocenters. The number of nitrogens with zero attached hydrogens (tertiary/aromatic N) is 3. The summed E-state index contributed by atoms with van der Waals surface area (Å²) in [5, 5.41) is 14.2. The second kappa shape index (κ2) is 6.82. The number of aryl methyl sites for hydroxylation is 1. The second-order valence-electron chi connectivity index (χ2n) is 6.87. The Hall–Kier alpha value is -1.83. The molecule has 1 aromatic heterocycles. The van der Waals surface area contributed by atoms with Crippen LogP contribution in [0.3, 0.4) is 0 Å². The van der Waals surface area contributed by atoms with Gasteiger partial charge in [0.05, 0.1) is 12.1 Å². The van der Waals surface area contributed by atoms with Gasteiger partial charge in [-0.3, -0.25) is 4.90 Å². The highest BCUT2D eigenvalue weighted by atomic mass is 19.1. The number of aliphatic hydroxyl groups excluding tert-OH is 1. The molecule has 0 aliphatic carbocycles. The van der Waals surface area contributed by atoms with Gasteiger partial charge in [-0.15, -0.1) is 0 Å². The molecular weight excluding hydrogens is 325 g/mol. The summed E-state index contributed by atoms with van der Waals surface area (Å²) in [4.78, 5) is 6.73. The Balaban J connectivity index is 1.58. The molecule has 25 heavy (non-hydrogen) atoms. The SMILES string of the molecule is Cc1ccc(-c2noc(C3CC(O)CN3C3CCOCC3)n2)cc1F. The van der Waals surface area contributed by atoms with Crippen molar-refractivity contribution < 1.29 is 18.8 Å². The molecule has 2 aromatic rings. The number of benzene rings is 1. The molecule has 0 amide bonds. The average Bonchev–Trinajstić information content (AvgIpc) is 3.25. The van der Waals surface area contributed by atoms with Crippen molar-refractivity contribution in [2.45, 2.75) is 44.4 Å². The molecule has 2 saturated heterocycles. The number of hydrogen-bond acceptors (Lipinski definition) is 6. The molecule has 0 spiro atoms. The van der Waals surface area contributed by atoms with Crippen LogP contribution in [0.1, 0.15) is 36.8 Å². The Morgan fingerprint density at radius 3 is 2.84 bits per heavy atom. The fourth-order valence-corrected chi connectivity index (χ4v) is 3.72. The lowest BCUT2D eigenvalue weighted by Crippen LogP contribution is -2.39. The third-order valence-electron chi connectivity index (χ3n) is 5.13. The molecule has 2 atom stereocenters. The van der Waals surface area contributed by atoms with Crippen LogP contribution >= 0.6 is 0 Å². The highest BCUT2D eigenvalue weighted by molar-refractivity contribution is 5.55. The van der Waals surface area contributed by atoms with E-state index in [4.69, 9.17) is 9.26 Å². The Morgan fingerprint density at radius 1 is 1.28 bits per heavy atom. The molecule has 0 bridgehead atoms. The van der Waals surface area contributed by atoms with Crippen molar-refractivity contribution in [3.63, 3.8) is 0 Å². The summed E-state index contributed by atoms with van der Waals surface area (Å²) in [6.45, 7) is 3.79. The smallest absolute Gasteiger partial charge is 0.244 e. The summed E-state index contributed by atoms with van der Waals surface area (Å²) in [6.07, 6.45) is 2.04. The molecule has 2 aliphatic heterocycles. The topological polar surface area (TPSA) is 71.6 Å². The predicted octanol–water partition coefficient (Wildman–Crippen LogP) is 2.47. The monoisotopic (exact) mass is 347 g/mol. The molecule has 4 rings (SSSR count). The van der Waals surface area contributed by atoms with E-state index in [2.05, 4.69) is 15.0 Å². The van der Waals surface area contributed by atoms with Crippen LogP contribution in [-0.2, 0) is 4.74 Å². The normalized spacial score (nSPS) is 25.6. The van der Waals surface area contributed by atoms with Crippen molar-refractivity contribution in [2.75, 3.05) is 19.8 Å². The van der Waals surface area contributed by atoms with Crippen LogP contribution in [0.15, 0.2) is 22.7 Å². The lowest BCUT2D eigenvalue weighted by atomic mass is 10.1. The van der Waals surface area contributed by atoms with Gasteiger partial charge in [-0.05, 0) is 37.8 Å². The van der Waals surface area contributed by atoms with Crippen LogP contribution in [0.25, 0.3) is 11.4 Å². The molecule has 1 aromatic carbocycles. The van der Waals surface area contributed by atoms with Gasteiger partial charge in [0, 0.05) is 31.4 Å². The number of aromatic nitrogens is 2. The number of likely N-dealkylation sites (tertiary alicyclic amines) is 1. The van der Waals surface area contributed by atoms with Crippen LogP contribution in [-0.4, -0.2) is 52.1 Å². The van der Waals surface area contributed by atoms with Gasteiger partial charge in [-0.1, -0.05) is 17.3 Å². The van der Waals surface area contributed by atoms with Crippen molar-refractivity contribution in [3.05, 3.63) is 35.5 Å². The summed E-state index contributed by atoms with van der Waals surface area (Å²) in [6, 6.07) is 5.16. The van der Waals surface area contributed by atoms with Gasteiger partial charge >= 0.3 is 0 Å². The molecule has 134 valence electrons. The lowest BCUT2D eigenvalue weighted by Gasteiger charge is -2.33. The molecule has 6 nitrogen and oxygen atoms in total. The van der Waals surface area contributed by atoms with Crippen molar-refractivity contribution >= 4 is 0 Å². The van der Waals surface area contributed by atoms with E-state index in [0.29, 0.717) is 41.8 Å². The van der Waals surface area contributed by atoms with Crippen LogP contribution in [0.5, 0.6) is 0 Å². The quantitative estimate of drug-likeness (QED) is 0.920. The number of β-amino-alcohol motifs (C(OH)–C–C–N with tert-alkyl or cyclic N) is 1. The van der Waals surface area contributed by atoms with E-state index < -0.39 is 6.10 Å². The van der Waals surface area contributed by atoms with Gasteiger partial charge in [0.2, 0.25) is 11.7 Å². The van der Waals surface area contributed by atoms with Gasteiger partial charge in [0.1, 0.15) is 5.82 Å². The zero-order valence-corrected chi connectivity index (χ0v) is 14.2. The molecule has 3 heterocycles. The van der Waals surface area contributed by atoms with Crippen molar-refractivity contribution in [1.82, 2.24) is 15.0 Å². The van der Waals surface area contributed by atoms with E-state index in [1.54, 1.807) is 19.1 Å². The standard InChI is InChI=1S/C18H22FN3O3/c1-11-2-3-12(8-15(11)19)17-20-18(25-21-17)16-9-14(23)10-22(16)13-4-6-24-7-5-13/h2-3,8,13-14,16,23H,4-7,9-10H2,1H3. The summed E-state index contributed by atoms with van der Waals surface area (Å²) >= 11 is 0. The summed E-state index contributed by atoms with van der Waals surface area (Å²) in [5.74, 6) is 0.574. The van der Waals surface area contributed by atoms with Crippen LogP contribution in [0.4, 0.5) is 4.39 Å². The van der Waals surface area contributed by atoms with E-state index in [0.717, 1.165) is 26.1 Å². The van der Waals surface area contributed by atoms with E-state index >= 15 is 0 Å². The summed E-state index contributed by atoms with van der Waals surface area (Å²) in [5.41, 5.74) is 1.17. The predicted molar refractivity (Wildman–Crippen MR) is 88.3 cm³/mol. The maximum absolute atomic E-state index is 13.8. The zero-order valence-electron chi connectivity index (χ0n) is 14.2. The van der Waals surface area contributed by atoms with Crippen molar-refractivity contribution in [2.24, 2.45) is 0 Å². The maximum atomic E-state index is 13.8.